The zero-order chi connectivity index (χ0) is 19.1. The third-order valence-corrected chi connectivity index (χ3v) is 5.89. The van der Waals surface area contributed by atoms with E-state index in [1.54, 1.807) is 21.3 Å². The Labute approximate surface area is 160 Å². The van der Waals surface area contributed by atoms with Crippen molar-refractivity contribution in [1.82, 2.24) is 4.90 Å². The van der Waals surface area contributed by atoms with Crippen molar-refractivity contribution in [2.75, 3.05) is 46.0 Å². The topological polar surface area (TPSA) is 69.0 Å². The van der Waals surface area contributed by atoms with Crippen molar-refractivity contribution in [3.63, 3.8) is 0 Å². The van der Waals surface area contributed by atoms with Crippen molar-refractivity contribution in [3.05, 3.63) is 40.5 Å². The molecule has 0 amide bonds. The fraction of sp³-hybridized carbons (Fsp3) is 0.429. The Morgan fingerprint density at radius 3 is 2.52 bits per heavy atom. The van der Waals surface area contributed by atoms with Crippen molar-refractivity contribution in [1.29, 1.82) is 0 Å². The third-order valence-electron chi connectivity index (χ3n) is 5.89. The summed E-state index contributed by atoms with van der Waals surface area (Å²) >= 11 is 0. The predicted octanol–water partition coefficient (Wildman–Crippen LogP) is 2.99. The van der Waals surface area contributed by atoms with Gasteiger partial charge in [-0.25, -0.2) is 0 Å². The molecule has 0 bridgehead atoms. The van der Waals surface area contributed by atoms with Gasteiger partial charge >= 0.3 is 0 Å². The molecular formula is C21H27N3O3. The molecule has 6 heteroatoms. The van der Waals surface area contributed by atoms with Crippen LogP contribution in [0.4, 0.5) is 11.4 Å². The highest BCUT2D eigenvalue weighted by Crippen LogP contribution is 2.48. The van der Waals surface area contributed by atoms with E-state index in [1.807, 2.05) is 13.1 Å². The number of methoxy groups -OCH3 is 3. The van der Waals surface area contributed by atoms with Gasteiger partial charge in [-0.3, -0.25) is 4.90 Å². The number of nitrogens with zero attached hydrogens (tertiary/aromatic N) is 1. The second kappa shape index (κ2) is 6.85. The van der Waals surface area contributed by atoms with Gasteiger partial charge in [-0.15, -0.1) is 0 Å². The molecule has 0 saturated carbocycles. The zero-order valence-electron chi connectivity index (χ0n) is 16.4. The van der Waals surface area contributed by atoms with Crippen LogP contribution in [0.3, 0.4) is 0 Å². The first-order valence-electron chi connectivity index (χ1n) is 9.26. The maximum atomic E-state index is 6.61. The number of benzene rings is 2. The predicted molar refractivity (Wildman–Crippen MR) is 107 cm³/mol. The first-order valence-corrected chi connectivity index (χ1v) is 9.26. The molecule has 0 radical (unpaired) electrons. The van der Waals surface area contributed by atoms with Gasteiger partial charge in [0.1, 0.15) is 11.4 Å². The van der Waals surface area contributed by atoms with Crippen molar-refractivity contribution in [2.45, 2.75) is 25.4 Å². The van der Waals surface area contributed by atoms with Crippen LogP contribution in [0.15, 0.2) is 18.2 Å². The van der Waals surface area contributed by atoms with E-state index in [1.165, 1.54) is 22.3 Å². The highest BCUT2D eigenvalue weighted by molar-refractivity contribution is 5.79. The van der Waals surface area contributed by atoms with Gasteiger partial charge in [-0.1, -0.05) is 6.07 Å². The molecule has 2 aliphatic rings. The monoisotopic (exact) mass is 369 g/mol. The van der Waals surface area contributed by atoms with E-state index in [2.05, 4.69) is 22.3 Å². The number of nitrogens with two attached hydrogens (primary N) is 1. The summed E-state index contributed by atoms with van der Waals surface area (Å²) in [7, 11) is 6.96. The van der Waals surface area contributed by atoms with Crippen LogP contribution in [-0.4, -0.2) is 39.8 Å². The van der Waals surface area contributed by atoms with Crippen LogP contribution >= 0.6 is 0 Å². The molecule has 1 atom stereocenters. The van der Waals surface area contributed by atoms with Crippen LogP contribution < -0.4 is 25.3 Å². The van der Waals surface area contributed by atoms with E-state index in [-0.39, 0.29) is 6.04 Å². The molecule has 27 heavy (non-hydrogen) atoms. The molecule has 3 N–H and O–H groups in total. The summed E-state index contributed by atoms with van der Waals surface area (Å²) in [6.45, 7) is 1.82. The van der Waals surface area contributed by atoms with E-state index in [0.29, 0.717) is 0 Å². The molecule has 2 aromatic carbocycles. The number of hydrogen-bond acceptors (Lipinski definition) is 6. The molecule has 0 spiro atoms. The smallest absolute Gasteiger partial charge is 0.165 e. The van der Waals surface area contributed by atoms with Crippen LogP contribution in [0.2, 0.25) is 0 Å². The molecule has 0 aromatic heterocycles. The molecule has 0 saturated heterocycles. The Kier molecular flexibility index (Phi) is 4.52. The Bertz CT molecular complexity index is 882. The fourth-order valence-electron chi connectivity index (χ4n) is 4.60. The van der Waals surface area contributed by atoms with Gasteiger partial charge in [-0.2, -0.15) is 0 Å². The average molecular weight is 369 g/mol. The minimum absolute atomic E-state index is 0.261. The average Bonchev–Trinajstić information content (AvgIpc) is 2.70. The number of anilines is 2. The Balaban J connectivity index is 1.81. The van der Waals surface area contributed by atoms with Crippen LogP contribution in [0, 0.1) is 0 Å². The van der Waals surface area contributed by atoms with Gasteiger partial charge < -0.3 is 25.3 Å². The Morgan fingerprint density at radius 1 is 1.07 bits per heavy atom. The van der Waals surface area contributed by atoms with E-state index in [4.69, 9.17) is 19.9 Å². The molecule has 4 rings (SSSR count). The van der Waals surface area contributed by atoms with Crippen LogP contribution in [0.1, 0.15) is 28.3 Å². The summed E-state index contributed by atoms with van der Waals surface area (Å²) in [6, 6.07) is 6.55. The first-order chi connectivity index (χ1) is 13.1. The molecule has 6 nitrogen and oxygen atoms in total. The van der Waals surface area contributed by atoms with Crippen LogP contribution in [0.5, 0.6) is 17.2 Å². The summed E-state index contributed by atoms with van der Waals surface area (Å²) < 4.78 is 16.7. The normalized spacial score (nSPS) is 18.1. The van der Waals surface area contributed by atoms with Gasteiger partial charge in [0.05, 0.1) is 27.0 Å². The minimum Gasteiger partial charge on any atom is -0.494 e. The summed E-state index contributed by atoms with van der Waals surface area (Å²) in [6.07, 6.45) is 1.86. The standard InChI is InChI=1S/C21H27N3O3/c1-23-20-17(26-3)10-13-7-8-24-11-14-12(9-15(24)18(13)19(20)22)5-6-16(25-2)21(14)27-4/h5-6,10,15,23H,7-9,11,22H2,1-4H3/t15-/m0/s1. The number of fused-ring (bicyclic) bond motifs is 4. The zero-order valence-corrected chi connectivity index (χ0v) is 16.4. The minimum atomic E-state index is 0.261. The SMILES string of the molecule is CNc1c(OC)cc2c(c1N)[C@@H]1Cc3ccc(OC)c(OC)c3CN1CC2. The lowest BCUT2D eigenvalue weighted by atomic mass is 9.82. The molecule has 2 heterocycles. The highest BCUT2D eigenvalue weighted by atomic mass is 16.5. The van der Waals surface area contributed by atoms with E-state index in [9.17, 15) is 0 Å². The number of nitrogen functional groups attached to an aromatic ring is 1. The first kappa shape index (κ1) is 17.8. The highest BCUT2D eigenvalue weighted by Gasteiger charge is 2.36. The summed E-state index contributed by atoms with van der Waals surface area (Å²) in [4.78, 5) is 2.49. The van der Waals surface area contributed by atoms with Gasteiger partial charge in [-0.05, 0) is 41.7 Å². The number of ether oxygens (including phenoxy) is 3. The maximum Gasteiger partial charge on any atom is 0.165 e. The number of nitrogens with one attached hydrogen (secondary N) is 1. The third kappa shape index (κ3) is 2.67. The van der Waals surface area contributed by atoms with E-state index in [0.717, 1.165) is 54.6 Å². The molecular weight excluding hydrogens is 342 g/mol. The quantitative estimate of drug-likeness (QED) is 0.808. The number of hydrogen-bond donors (Lipinski definition) is 2. The lowest BCUT2D eigenvalue weighted by Crippen LogP contribution is -2.40. The second-order valence-electron chi connectivity index (χ2n) is 7.07. The number of rotatable bonds is 4. The Hall–Kier alpha value is -2.60. The largest absolute Gasteiger partial charge is 0.494 e. The van der Waals surface area contributed by atoms with Gasteiger partial charge in [0.15, 0.2) is 11.5 Å². The summed E-state index contributed by atoms with van der Waals surface area (Å²) in [5.74, 6) is 2.44. The molecule has 144 valence electrons. The fourth-order valence-corrected chi connectivity index (χ4v) is 4.60. The Morgan fingerprint density at radius 2 is 1.85 bits per heavy atom. The van der Waals surface area contributed by atoms with Crippen LogP contribution in [-0.2, 0) is 19.4 Å². The van der Waals surface area contributed by atoms with Gasteiger partial charge in [0, 0.05) is 31.7 Å². The van der Waals surface area contributed by atoms with E-state index < -0.39 is 0 Å². The molecule has 2 aromatic rings. The lowest BCUT2D eigenvalue weighted by Gasteiger charge is -2.42. The molecule has 0 aliphatic carbocycles. The molecule has 0 fully saturated rings. The van der Waals surface area contributed by atoms with Crippen molar-refractivity contribution in [3.8, 4) is 17.2 Å². The molecule has 0 unspecified atom stereocenters. The van der Waals surface area contributed by atoms with Crippen molar-refractivity contribution < 1.29 is 14.2 Å². The molecule has 2 aliphatic heterocycles. The van der Waals surface area contributed by atoms with Crippen LogP contribution in [0.25, 0.3) is 0 Å². The van der Waals surface area contributed by atoms with Crippen molar-refractivity contribution in [2.24, 2.45) is 0 Å². The summed E-state index contributed by atoms with van der Waals surface area (Å²) in [5, 5.41) is 3.21. The second-order valence-corrected chi connectivity index (χ2v) is 7.07. The van der Waals surface area contributed by atoms with Gasteiger partial charge in [0.25, 0.3) is 0 Å². The summed E-state index contributed by atoms with van der Waals surface area (Å²) in [5.41, 5.74) is 13.3. The van der Waals surface area contributed by atoms with Gasteiger partial charge in [0.2, 0.25) is 0 Å². The van der Waals surface area contributed by atoms with Crippen molar-refractivity contribution >= 4 is 11.4 Å². The maximum absolute atomic E-state index is 6.61. The van der Waals surface area contributed by atoms with E-state index >= 15 is 0 Å². The lowest BCUT2D eigenvalue weighted by molar-refractivity contribution is 0.158.